The van der Waals surface area contributed by atoms with Crippen LogP contribution in [0.5, 0.6) is 0 Å². The molecule has 0 N–H and O–H groups in total. The lowest BCUT2D eigenvalue weighted by molar-refractivity contribution is 0.497. The number of fused-ring (bicyclic) bond motifs is 1. The molecule has 0 amide bonds. The highest BCUT2D eigenvalue weighted by Crippen LogP contribution is 2.34. The number of rotatable bonds is 2. The van der Waals surface area contributed by atoms with E-state index >= 15 is 0 Å². The van der Waals surface area contributed by atoms with Crippen molar-refractivity contribution >= 4 is 27.6 Å². The highest BCUT2D eigenvalue weighted by atomic mass is 79.9. The van der Waals surface area contributed by atoms with E-state index in [0.717, 1.165) is 15.7 Å². The van der Waals surface area contributed by atoms with Crippen molar-refractivity contribution in [3.8, 4) is 0 Å². The third-order valence-corrected chi connectivity index (χ3v) is 4.28. The first-order valence-corrected chi connectivity index (χ1v) is 7.84. The van der Waals surface area contributed by atoms with Gasteiger partial charge in [-0.3, -0.25) is 4.98 Å². The van der Waals surface area contributed by atoms with Crippen molar-refractivity contribution in [1.82, 2.24) is 19.7 Å². The molecule has 1 atom stereocenters. The summed E-state index contributed by atoms with van der Waals surface area (Å²) >= 11 is 3.40. The summed E-state index contributed by atoms with van der Waals surface area (Å²) < 4.78 is 16.8. The van der Waals surface area contributed by atoms with Gasteiger partial charge in [0.2, 0.25) is 5.95 Å². The zero-order valence-electron chi connectivity index (χ0n) is 11.9. The van der Waals surface area contributed by atoms with Gasteiger partial charge in [0, 0.05) is 34.4 Å². The van der Waals surface area contributed by atoms with Gasteiger partial charge in [0.1, 0.15) is 12.1 Å². The van der Waals surface area contributed by atoms with Gasteiger partial charge in [-0.2, -0.15) is 10.1 Å². The maximum absolute atomic E-state index is 14.3. The number of hydrogen-bond donors (Lipinski definition) is 0. The van der Waals surface area contributed by atoms with Crippen LogP contribution in [-0.4, -0.2) is 25.5 Å². The molecule has 2 aromatic heterocycles. The van der Waals surface area contributed by atoms with Crippen LogP contribution in [0.3, 0.4) is 0 Å². The number of pyridine rings is 1. The van der Waals surface area contributed by atoms with Gasteiger partial charge in [-0.1, -0.05) is 22.0 Å². The fourth-order valence-corrected chi connectivity index (χ4v) is 3.09. The average molecular weight is 372 g/mol. The van der Waals surface area contributed by atoms with Crippen LogP contribution >= 0.6 is 15.9 Å². The van der Waals surface area contributed by atoms with E-state index in [9.17, 15) is 4.39 Å². The Bertz CT molecular complexity index is 890. The molecule has 7 heteroatoms. The molecule has 0 spiro atoms. The topological polar surface area (TPSA) is 56.0 Å². The molecule has 114 valence electrons. The molecule has 3 heterocycles. The lowest BCUT2D eigenvalue weighted by Gasteiger charge is -2.24. The van der Waals surface area contributed by atoms with Crippen molar-refractivity contribution < 1.29 is 4.39 Å². The SMILES string of the molecule is Fc1ccc(Br)cc1C1CC(c2cccnc2)=Nc2ncnn21. The van der Waals surface area contributed by atoms with Crippen LogP contribution in [0.2, 0.25) is 0 Å². The summed E-state index contributed by atoms with van der Waals surface area (Å²) in [6.07, 6.45) is 5.42. The van der Waals surface area contributed by atoms with Crippen molar-refractivity contribution in [1.29, 1.82) is 0 Å². The van der Waals surface area contributed by atoms with E-state index in [1.165, 1.54) is 12.4 Å². The number of halogens is 2. The second-order valence-corrected chi connectivity index (χ2v) is 6.11. The number of aliphatic imine (C=N–C) groups is 1. The molecule has 0 saturated carbocycles. The minimum atomic E-state index is -0.294. The van der Waals surface area contributed by atoms with Gasteiger partial charge in [0.05, 0.1) is 11.8 Å². The van der Waals surface area contributed by atoms with Crippen molar-refractivity contribution in [2.45, 2.75) is 12.5 Å². The van der Waals surface area contributed by atoms with E-state index < -0.39 is 0 Å². The number of hydrogen-bond acceptors (Lipinski definition) is 4. The Kier molecular flexibility index (Phi) is 3.49. The standard InChI is InChI=1S/C16H11BrFN5/c17-11-3-4-13(18)12(6-11)15-7-14(10-2-1-5-19-8-10)22-16-20-9-21-23(15)16/h1-6,8-9,15H,7H2. The summed E-state index contributed by atoms with van der Waals surface area (Å²) in [4.78, 5) is 12.8. The normalized spacial score (nSPS) is 16.8. The third-order valence-electron chi connectivity index (χ3n) is 3.78. The Balaban J connectivity index is 1.84. The minimum absolute atomic E-state index is 0.271. The molecule has 1 aliphatic rings. The van der Waals surface area contributed by atoms with E-state index in [1.807, 2.05) is 12.1 Å². The molecule has 0 radical (unpaired) electrons. The predicted molar refractivity (Wildman–Crippen MR) is 87.3 cm³/mol. The van der Waals surface area contributed by atoms with E-state index in [1.54, 1.807) is 29.2 Å². The van der Waals surface area contributed by atoms with Gasteiger partial charge in [0.15, 0.2) is 0 Å². The van der Waals surface area contributed by atoms with Crippen LogP contribution in [0, 0.1) is 5.82 Å². The molecule has 4 rings (SSSR count). The van der Waals surface area contributed by atoms with Crippen LogP contribution in [0.15, 0.2) is 58.5 Å². The summed E-state index contributed by atoms with van der Waals surface area (Å²) in [6.45, 7) is 0. The van der Waals surface area contributed by atoms with Gasteiger partial charge >= 0.3 is 0 Å². The maximum Gasteiger partial charge on any atom is 0.248 e. The number of nitrogens with zero attached hydrogens (tertiary/aromatic N) is 5. The summed E-state index contributed by atoms with van der Waals surface area (Å²) in [5, 5.41) is 4.21. The third kappa shape index (κ3) is 2.57. The first-order chi connectivity index (χ1) is 11.2. The van der Waals surface area contributed by atoms with E-state index in [4.69, 9.17) is 0 Å². The molecule has 23 heavy (non-hydrogen) atoms. The van der Waals surface area contributed by atoms with Crippen LogP contribution in [0.25, 0.3) is 0 Å². The first-order valence-electron chi connectivity index (χ1n) is 7.05. The van der Waals surface area contributed by atoms with E-state index in [-0.39, 0.29) is 11.9 Å². The van der Waals surface area contributed by atoms with Crippen LogP contribution in [-0.2, 0) is 0 Å². The van der Waals surface area contributed by atoms with Crippen molar-refractivity contribution in [3.63, 3.8) is 0 Å². The average Bonchev–Trinajstić information content (AvgIpc) is 3.05. The van der Waals surface area contributed by atoms with Gasteiger partial charge in [-0.05, 0) is 24.3 Å². The fourth-order valence-electron chi connectivity index (χ4n) is 2.71. The number of aromatic nitrogens is 4. The Hall–Kier alpha value is -2.41. The molecular weight excluding hydrogens is 361 g/mol. The van der Waals surface area contributed by atoms with Gasteiger partial charge in [-0.25, -0.2) is 14.1 Å². The summed E-state index contributed by atoms with van der Waals surface area (Å²) in [5.41, 5.74) is 2.28. The smallest absolute Gasteiger partial charge is 0.248 e. The first kappa shape index (κ1) is 14.2. The van der Waals surface area contributed by atoms with Crippen molar-refractivity contribution in [3.05, 3.63) is 70.5 Å². The van der Waals surface area contributed by atoms with E-state index in [0.29, 0.717) is 17.9 Å². The van der Waals surface area contributed by atoms with Crippen LogP contribution in [0.1, 0.15) is 23.6 Å². The monoisotopic (exact) mass is 371 g/mol. The molecule has 0 aliphatic carbocycles. The quantitative estimate of drug-likeness (QED) is 0.690. The Morgan fingerprint density at radius 3 is 3.00 bits per heavy atom. The zero-order chi connectivity index (χ0) is 15.8. The lowest BCUT2D eigenvalue weighted by atomic mass is 9.96. The van der Waals surface area contributed by atoms with Gasteiger partial charge < -0.3 is 0 Å². The summed E-state index contributed by atoms with van der Waals surface area (Å²) in [5.74, 6) is 0.201. The zero-order valence-corrected chi connectivity index (χ0v) is 13.5. The Morgan fingerprint density at radius 1 is 1.26 bits per heavy atom. The lowest BCUT2D eigenvalue weighted by Crippen LogP contribution is -2.22. The molecule has 1 aliphatic heterocycles. The van der Waals surface area contributed by atoms with Gasteiger partial charge in [-0.15, -0.1) is 0 Å². The second kappa shape index (κ2) is 5.66. The Morgan fingerprint density at radius 2 is 2.17 bits per heavy atom. The van der Waals surface area contributed by atoms with Crippen LogP contribution in [0.4, 0.5) is 10.3 Å². The highest BCUT2D eigenvalue weighted by Gasteiger charge is 2.28. The fraction of sp³-hybridized carbons (Fsp3) is 0.125. The van der Waals surface area contributed by atoms with E-state index in [2.05, 4.69) is 36.0 Å². The summed E-state index contributed by atoms with van der Waals surface area (Å²) in [6, 6.07) is 8.40. The molecule has 1 unspecified atom stereocenters. The molecule has 3 aromatic rings. The van der Waals surface area contributed by atoms with Crippen molar-refractivity contribution in [2.24, 2.45) is 4.99 Å². The minimum Gasteiger partial charge on any atom is -0.264 e. The predicted octanol–water partition coefficient (Wildman–Crippen LogP) is 3.69. The molecule has 1 aromatic carbocycles. The van der Waals surface area contributed by atoms with Gasteiger partial charge in [0.25, 0.3) is 0 Å². The molecule has 0 saturated heterocycles. The molecule has 0 bridgehead atoms. The largest absolute Gasteiger partial charge is 0.264 e. The number of benzene rings is 1. The van der Waals surface area contributed by atoms with Crippen LogP contribution < -0.4 is 0 Å². The molecular formula is C16H11BrFN5. The Labute approximate surface area is 140 Å². The maximum atomic E-state index is 14.3. The molecule has 5 nitrogen and oxygen atoms in total. The highest BCUT2D eigenvalue weighted by molar-refractivity contribution is 9.10. The summed E-state index contributed by atoms with van der Waals surface area (Å²) in [7, 11) is 0. The second-order valence-electron chi connectivity index (χ2n) is 5.19. The van der Waals surface area contributed by atoms with Crippen molar-refractivity contribution in [2.75, 3.05) is 0 Å². The molecule has 0 fully saturated rings.